The summed E-state index contributed by atoms with van der Waals surface area (Å²) in [4.78, 5) is 44.3. The molecule has 0 fully saturated rings. The van der Waals surface area contributed by atoms with Gasteiger partial charge in [-0.2, -0.15) is 0 Å². The van der Waals surface area contributed by atoms with Crippen molar-refractivity contribution >= 4 is 40.5 Å². The molecule has 3 heterocycles. The predicted octanol–water partition coefficient (Wildman–Crippen LogP) is 3.92. The van der Waals surface area contributed by atoms with Crippen LogP contribution in [-0.4, -0.2) is 33.9 Å². The van der Waals surface area contributed by atoms with Crippen LogP contribution in [0, 0.1) is 0 Å². The van der Waals surface area contributed by atoms with Gasteiger partial charge >= 0.3 is 5.97 Å². The number of nitrogens with zero attached hydrogens (tertiary/aromatic N) is 3. The molecule has 0 unspecified atom stereocenters. The Morgan fingerprint density at radius 3 is 2.62 bits per heavy atom. The van der Waals surface area contributed by atoms with E-state index >= 15 is 0 Å². The number of imidazole rings is 1. The van der Waals surface area contributed by atoms with E-state index in [1.54, 1.807) is 54.5 Å². The van der Waals surface area contributed by atoms with Crippen LogP contribution in [0.4, 0.5) is 11.6 Å². The van der Waals surface area contributed by atoms with Gasteiger partial charge in [-0.1, -0.05) is 12.1 Å². The van der Waals surface area contributed by atoms with Gasteiger partial charge < -0.3 is 14.5 Å². The largest absolute Gasteiger partial charge is 0.467 e. The number of rotatable bonds is 7. The van der Waals surface area contributed by atoms with Crippen LogP contribution in [0.25, 0.3) is 11.0 Å². The summed E-state index contributed by atoms with van der Waals surface area (Å²) in [6.45, 7) is 2.25. The number of fused-ring (bicyclic) bond motifs is 3. The molecule has 0 saturated carbocycles. The van der Waals surface area contributed by atoms with Crippen LogP contribution >= 0.6 is 0 Å². The Kier molecular flexibility index (Phi) is 5.59. The van der Waals surface area contributed by atoms with Gasteiger partial charge in [0.1, 0.15) is 11.8 Å². The molecule has 0 bridgehead atoms. The van der Waals surface area contributed by atoms with E-state index in [0.717, 1.165) is 11.0 Å². The first kappa shape index (κ1) is 21.4. The molecule has 9 heteroatoms. The number of furan rings is 1. The van der Waals surface area contributed by atoms with Crippen LogP contribution in [0.5, 0.6) is 0 Å². The standard InChI is InChI=1S/C25H22N4O5/c1-2-33-24(32)16-9-11-17(12-10-16)26-22(30)14-21-23(31)28(15-18-6-5-13-34-18)25-27-19-7-3-4-8-20(19)29(21)25/h3-13,21H,2,14-15H2,1H3,(H,26,30)/t21-/m1/s1. The first-order valence-corrected chi connectivity index (χ1v) is 10.9. The van der Waals surface area contributed by atoms with Crippen molar-refractivity contribution in [1.82, 2.24) is 9.55 Å². The van der Waals surface area contributed by atoms with E-state index in [2.05, 4.69) is 10.3 Å². The minimum Gasteiger partial charge on any atom is -0.467 e. The Labute approximate surface area is 194 Å². The third-order valence-corrected chi connectivity index (χ3v) is 5.63. The molecule has 2 aromatic heterocycles. The van der Waals surface area contributed by atoms with E-state index in [-0.39, 0.29) is 31.4 Å². The summed E-state index contributed by atoms with van der Waals surface area (Å²) in [5.74, 6) is 0.134. The summed E-state index contributed by atoms with van der Waals surface area (Å²) >= 11 is 0. The van der Waals surface area contributed by atoms with Crippen molar-refractivity contribution in [3.8, 4) is 0 Å². The van der Waals surface area contributed by atoms with Crippen molar-refractivity contribution in [3.05, 3.63) is 78.3 Å². The van der Waals surface area contributed by atoms with Gasteiger partial charge in [-0.15, -0.1) is 0 Å². The zero-order chi connectivity index (χ0) is 23.7. The summed E-state index contributed by atoms with van der Waals surface area (Å²) in [5, 5.41) is 2.80. The minimum atomic E-state index is -0.740. The molecular weight excluding hydrogens is 436 g/mol. The van der Waals surface area contributed by atoms with Gasteiger partial charge in [0.2, 0.25) is 11.9 Å². The number of nitrogens with one attached hydrogen (secondary N) is 1. The maximum absolute atomic E-state index is 13.4. The van der Waals surface area contributed by atoms with Crippen molar-refractivity contribution in [2.24, 2.45) is 0 Å². The number of hydrogen-bond acceptors (Lipinski definition) is 6. The van der Waals surface area contributed by atoms with Crippen molar-refractivity contribution in [2.75, 3.05) is 16.8 Å². The highest BCUT2D eigenvalue weighted by Gasteiger charge is 2.41. The third-order valence-electron chi connectivity index (χ3n) is 5.63. The smallest absolute Gasteiger partial charge is 0.338 e. The monoisotopic (exact) mass is 458 g/mol. The molecule has 9 nitrogen and oxygen atoms in total. The predicted molar refractivity (Wildman–Crippen MR) is 124 cm³/mol. The molecule has 1 atom stereocenters. The molecule has 1 aliphatic heterocycles. The van der Waals surface area contributed by atoms with Crippen LogP contribution < -0.4 is 10.2 Å². The second kappa shape index (κ2) is 8.86. The highest BCUT2D eigenvalue weighted by Crippen LogP contribution is 2.37. The average molecular weight is 458 g/mol. The van der Waals surface area contributed by atoms with Crippen molar-refractivity contribution in [1.29, 1.82) is 0 Å². The second-order valence-electron chi connectivity index (χ2n) is 7.84. The SMILES string of the molecule is CCOC(=O)c1ccc(NC(=O)C[C@@H]2C(=O)N(Cc3ccco3)c3nc4ccccc4n32)cc1. The fourth-order valence-electron chi connectivity index (χ4n) is 4.10. The van der Waals surface area contributed by atoms with Crippen molar-refractivity contribution in [2.45, 2.75) is 25.9 Å². The lowest BCUT2D eigenvalue weighted by Gasteiger charge is -2.15. The van der Waals surface area contributed by atoms with Gasteiger partial charge in [-0.05, 0) is 55.5 Å². The Morgan fingerprint density at radius 1 is 1.09 bits per heavy atom. The number of carbonyl (C=O) groups excluding carboxylic acids is 3. The average Bonchev–Trinajstić information content (AvgIpc) is 3.54. The van der Waals surface area contributed by atoms with Gasteiger partial charge in [-0.3, -0.25) is 19.1 Å². The van der Waals surface area contributed by atoms with E-state index in [4.69, 9.17) is 9.15 Å². The normalized spacial score (nSPS) is 14.9. The number of para-hydroxylation sites is 2. The summed E-state index contributed by atoms with van der Waals surface area (Å²) < 4.78 is 12.2. The lowest BCUT2D eigenvalue weighted by atomic mass is 10.1. The quantitative estimate of drug-likeness (QED) is 0.421. The number of hydrogen-bond donors (Lipinski definition) is 1. The molecule has 172 valence electrons. The minimum absolute atomic E-state index is 0.0690. The van der Waals surface area contributed by atoms with E-state index in [1.165, 1.54) is 0 Å². The van der Waals surface area contributed by atoms with E-state index < -0.39 is 12.0 Å². The number of anilines is 2. The maximum Gasteiger partial charge on any atom is 0.338 e. The lowest BCUT2D eigenvalue weighted by Crippen LogP contribution is -2.31. The van der Waals surface area contributed by atoms with E-state index in [9.17, 15) is 14.4 Å². The van der Waals surface area contributed by atoms with Crippen LogP contribution in [0.15, 0.2) is 71.3 Å². The van der Waals surface area contributed by atoms with E-state index in [0.29, 0.717) is 23.0 Å². The summed E-state index contributed by atoms with van der Waals surface area (Å²) in [5.41, 5.74) is 2.44. The Bertz CT molecular complexity index is 1360. The van der Waals surface area contributed by atoms with Gasteiger partial charge in [0.15, 0.2) is 0 Å². The first-order valence-electron chi connectivity index (χ1n) is 10.9. The second-order valence-corrected chi connectivity index (χ2v) is 7.84. The fourth-order valence-corrected chi connectivity index (χ4v) is 4.10. The molecule has 2 amide bonds. The van der Waals surface area contributed by atoms with Crippen LogP contribution in [0.1, 0.15) is 35.5 Å². The van der Waals surface area contributed by atoms with Gasteiger partial charge in [0.25, 0.3) is 5.91 Å². The molecule has 4 aromatic rings. The summed E-state index contributed by atoms with van der Waals surface area (Å²) in [7, 11) is 0. The number of aromatic nitrogens is 2. The molecule has 0 saturated heterocycles. The topological polar surface area (TPSA) is 107 Å². The first-order chi connectivity index (χ1) is 16.5. The molecule has 1 aliphatic rings. The summed E-state index contributed by atoms with van der Waals surface area (Å²) in [6.07, 6.45) is 1.48. The summed E-state index contributed by atoms with van der Waals surface area (Å²) in [6, 6.07) is 16.7. The molecular formula is C25H22N4O5. The number of benzene rings is 2. The molecule has 1 N–H and O–H groups in total. The van der Waals surface area contributed by atoms with Crippen molar-refractivity contribution < 1.29 is 23.5 Å². The highest BCUT2D eigenvalue weighted by molar-refractivity contribution is 6.05. The lowest BCUT2D eigenvalue weighted by molar-refractivity contribution is -0.124. The molecule has 0 radical (unpaired) electrons. The van der Waals surface area contributed by atoms with Crippen LogP contribution in [0.3, 0.4) is 0 Å². The number of carbonyl (C=O) groups is 3. The van der Waals surface area contributed by atoms with Crippen LogP contribution in [-0.2, 0) is 20.9 Å². The number of amides is 2. The number of esters is 1. The Morgan fingerprint density at radius 2 is 1.88 bits per heavy atom. The molecule has 0 aliphatic carbocycles. The zero-order valence-electron chi connectivity index (χ0n) is 18.4. The molecule has 0 spiro atoms. The van der Waals surface area contributed by atoms with Crippen LogP contribution in [0.2, 0.25) is 0 Å². The number of ether oxygens (including phenoxy) is 1. The van der Waals surface area contributed by atoms with E-state index in [1.807, 2.05) is 28.8 Å². The van der Waals surface area contributed by atoms with Gasteiger partial charge in [0.05, 0.1) is 42.4 Å². The highest BCUT2D eigenvalue weighted by atomic mass is 16.5. The molecule has 34 heavy (non-hydrogen) atoms. The zero-order valence-corrected chi connectivity index (χ0v) is 18.4. The van der Waals surface area contributed by atoms with Gasteiger partial charge in [0, 0.05) is 5.69 Å². The fraction of sp³-hybridized carbons (Fsp3) is 0.200. The maximum atomic E-state index is 13.4. The van der Waals surface area contributed by atoms with Crippen molar-refractivity contribution in [3.63, 3.8) is 0 Å². The molecule has 2 aromatic carbocycles. The molecule has 5 rings (SSSR count). The Balaban J connectivity index is 1.37. The Hall–Kier alpha value is -4.40. The third kappa shape index (κ3) is 3.92. The van der Waals surface area contributed by atoms with Gasteiger partial charge in [-0.25, -0.2) is 9.78 Å².